The van der Waals surface area contributed by atoms with Crippen molar-refractivity contribution in [3.63, 3.8) is 0 Å². The standard InChI is InChI=1S/C19H19N5O/c20-19-15(6-3-7-22-19)18(25)17-14-5-2-1-4-13(14)12-16(23-17)24-10-8-21-9-11-24/h1-7,12,21H,8-11H2,(H2,20,22). The smallest absolute Gasteiger partial charge is 0.215 e. The molecule has 0 atom stereocenters. The van der Waals surface area contributed by atoms with Gasteiger partial charge in [-0.15, -0.1) is 0 Å². The van der Waals surface area contributed by atoms with E-state index in [2.05, 4.69) is 15.2 Å². The van der Waals surface area contributed by atoms with Crippen LogP contribution in [0.15, 0.2) is 48.7 Å². The second-order valence-electron chi connectivity index (χ2n) is 6.05. The third-order valence-corrected chi connectivity index (χ3v) is 4.47. The van der Waals surface area contributed by atoms with Crippen molar-refractivity contribution in [2.24, 2.45) is 0 Å². The number of nitrogens with zero attached hydrogens (tertiary/aromatic N) is 3. The van der Waals surface area contributed by atoms with Gasteiger partial charge in [-0.1, -0.05) is 24.3 Å². The van der Waals surface area contributed by atoms with Gasteiger partial charge in [0.05, 0.1) is 5.56 Å². The molecule has 6 heteroatoms. The van der Waals surface area contributed by atoms with Crippen LogP contribution in [0.1, 0.15) is 16.1 Å². The molecule has 0 spiro atoms. The SMILES string of the molecule is Nc1ncccc1C(=O)c1nc(N2CCNCC2)cc2ccccc12. The lowest BCUT2D eigenvalue weighted by atomic mass is 10.0. The van der Waals surface area contributed by atoms with E-state index in [9.17, 15) is 4.79 Å². The lowest BCUT2D eigenvalue weighted by Gasteiger charge is -2.29. The molecule has 1 saturated heterocycles. The zero-order chi connectivity index (χ0) is 17.2. The first-order valence-electron chi connectivity index (χ1n) is 8.35. The molecule has 0 bridgehead atoms. The number of benzene rings is 1. The van der Waals surface area contributed by atoms with E-state index >= 15 is 0 Å². The Morgan fingerprint density at radius 1 is 1.12 bits per heavy atom. The molecule has 1 aromatic carbocycles. The highest BCUT2D eigenvalue weighted by molar-refractivity contribution is 6.17. The molecule has 25 heavy (non-hydrogen) atoms. The maximum Gasteiger partial charge on any atom is 0.215 e. The van der Waals surface area contributed by atoms with E-state index in [-0.39, 0.29) is 11.6 Å². The van der Waals surface area contributed by atoms with Crippen molar-refractivity contribution in [2.75, 3.05) is 36.8 Å². The van der Waals surface area contributed by atoms with Crippen molar-refractivity contribution in [3.05, 3.63) is 59.9 Å². The Hall–Kier alpha value is -2.99. The van der Waals surface area contributed by atoms with E-state index in [1.807, 2.05) is 30.3 Å². The Kier molecular flexibility index (Phi) is 4.03. The van der Waals surface area contributed by atoms with Gasteiger partial charge in [0.2, 0.25) is 5.78 Å². The molecule has 3 N–H and O–H groups in total. The number of ketones is 1. The second-order valence-corrected chi connectivity index (χ2v) is 6.05. The van der Waals surface area contributed by atoms with Crippen LogP contribution in [0.25, 0.3) is 10.8 Å². The van der Waals surface area contributed by atoms with Gasteiger partial charge in [0.1, 0.15) is 17.3 Å². The lowest BCUT2D eigenvalue weighted by Crippen LogP contribution is -2.44. The van der Waals surface area contributed by atoms with Crippen molar-refractivity contribution in [1.82, 2.24) is 15.3 Å². The largest absolute Gasteiger partial charge is 0.383 e. The predicted molar refractivity (Wildman–Crippen MR) is 98.9 cm³/mol. The van der Waals surface area contributed by atoms with E-state index < -0.39 is 0 Å². The van der Waals surface area contributed by atoms with Crippen LogP contribution in [0.2, 0.25) is 0 Å². The Labute approximate surface area is 145 Å². The molecule has 0 saturated carbocycles. The molecule has 2 aromatic heterocycles. The summed E-state index contributed by atoms with van der Waals surface area (Å²) >= 11 is 0. The maximum atomic E-state index is 13.1. The van der Waals surface area contributed by atoms with Crippen LogP contribution in [-0.4, -0.2) is 41.9 Å². The molecule has 0 radical (unpaired) electrons. The number of hydrogen-bond donors (Lipinski definition) is 2. The van der Waals surface area contributed by atoms with Gasteiger partial charge in [-0.3, -0.25) is 4.79 Å². The number of nitrogen functional groups attached to an aromatic ring is 1. The number of hydrogen-bond acceptors (Lipinski definition) is 6. The molecule has 1 aliphatic rings. The molecule has 6 nitrogen and oxygen atoms in total. The summed E-state index contributed by atoms with van der Waals surface area (Å²) in [5.41, 5.74) is 6.71. The predicted octanol–water partition coefficient (Wildman–Crippen LogP) is 1.85. The maximum absolute atomic E-state index is 13.1. The first-order valence-corrected chi connectivity index (χ1v) is 8.35. The summed E-state index contributed by atoms with van der Waals surface area (Å²) in [4.78, 5) is 24.0. The third kappa shape index (κ3) is 2.92. The summed E-state index contributed by atoms with van der Waals surface area (Å²) in [6.45, 7) is 3.56. The number of nitrogens with two attached hydrogens (primary N) is 1. The van der Waals surface area contributed by atoms with Gasteiger partial charge in [0.15, 0.2) is 0 Å². The quantitative estimate of drug-likeness (QED) is 0.712. The molecular formula is C19H19N5O. The fourth-order valence-electron chi connectivity index (χ4n) is 3.15. The fourth-order valence-corrected chi connectivity index (χ4v) is 3.15. The second kappa shape index (κ2) is 6.49. The number of fused-ring (bicyclic) bond motifs is 1. The monoisotopic (exact) mass is 333 g/mol. The van der Waals surface area contributed by atoms with E-state index in [1.54, 1.807) is 18.3 Å². The van der Waals surface area contributed by atoms with Crippen molar-refractivity contribution in [3.8, 4) is 0 Å². The zero-order valence-electron chi connectivity index (χ0n) is 13.8. The minimum Gasteiger partial charge on any atom is -0.383 e. The van der Waals surface area contributed by atoms with Crippen molar-refractivity contribution < 1.29 is 4.79 Å². The minimum atomic E-state index is -0.196. The van der Waals surface area contributed by atoms with E-state index in [4.69, 9.17) is 10.7 Å². The van der Waals surface area contributed by atoms with Gasteiger partial charge < -0.3 is 16.0 Å². The molecule has 3 aromatic rings. The number of nitrogens with one attached hydrogen (secondary N) is 1. The number of pyridine rings is 2. The average molecular weight is 333 g/mol. The van der Waals surface area contributed by atoms with Gasteiger partial charge >= 0.3 is 0 Å². The fraction of sp³-hybridized carbons (Fsp3) is 0.211. The summed E-state index contributed by atoms with van der Waals surface area (Å²) in [5, 5.41) is 5.16. The van der Waals surface area contributed by atoms with Crippen molar-refractivity contribution in [2.45, 2.75) is 0 Å². The Morgan fingerprint density at radius 3 is 2.72 bits per heavy atom. The number of aromatic nitrogens is 2. The summed E-state index contributed by atoms with van der Waals surface area (Å²) in [7, 11) is 0. The number of anilines is 2. The molecule has 4 rings (SSSR count). The molecule has 0 amide bonds. The minimum absolute atomic E-state index is 0.196. The zero-order valence-corrected chi connectivity index (χ0v) is 13.8. The van der Waals surface area contributed by atoms with Crippen LogP contribution in [0.3, 0.4) is 0 Å². The average Bonchev–Trinajstić information content (AvgIpc) is 2.67. The summed E-state index contributed by atoms with van der Waals surface area (Å²) < 4.78 is 0. The molecule has 1 fully saturated rings. The highest BCUT2D eigenvalue weighted by Gasteiger charge is 2.20. The Balaban J connectivity index is 1.86. The summed E-state index contributed by atoms with van der Waals surface area (Å²) in [6, 6.07) is 13.3. The van der Waals surface area contributed by atoms with Crippen LogP contribution in [-0.2, 0) is 0 Å². The first kappa shape index (κ1) is 15.5. The highest BCUT2D eigenvalue weighted by atomic mass is 16.1. The number of carbonyl (C=O) groups excluding carboxylic acids is 1. The van der Waals surface area contributed by atoms with Gasteiger partial charge in [-0.25, -0.2) is 9.97 Å². The van der Waals surface area contributed by atoms with Crippen molar-refractivity contribution in [1.29, 1.82) is 0 Å². The lowest BCUT2D eigenvalue weighted by molar-refractivity contribution is 0.103. The van der Waals surface area contributed by atoms with Gasteiger partial charge in [0, 0.05) is 37.8 Å². The molecule has 126 valence electrons. The highest BCUT2D eigenvalue weighted by Crippen LogP contribution is 2.26. The Bertz CT molecular complexity index is 934. The van der Waals surface area contributed by atoms with Gasteiger partial charge in [-0.05, 0) is 23.6 Å². The van der Waals surface area contributed by atoms with Crippen LogP contribution in [0.4, 0.5) is 11.6 Å². The number of rotatable bonds is 3. The third-order valence-electron chi connectivity index (χ3n) is 4.47. The van der Waals surface area contributed by atoms with Crippen LogP contribution >= 0.6 is 0 Å². The van der Waals surface area contributed by atoms with Crippen molar-refractivity contribution >= 4 is 28.2 Å². The summed E-state index contributed by atoms with van der Waals surface area (Å²) in [5.74, 6) is 0.857. The van der Waals surface area contributed by atoms with Gasteiger partial charge in [0.25, 0.3) is 0 Å². The number of piperazine rings is 1. The number of carbonyl (C=O) groups is 1. The normalized spacial score (nSPS) is 14.6. The summed E-state index contributed by atoms with van der Waals surface area (Å²) in [6.07, 6.45) is 1.58. The molecular weight excluding hydrogens is 314 g/mol. The Morgan fingerprint density at radius 2 is 1.92 bits per heavy atom. The van der Waals surface area contributed by atoms with Crippen LogP contribution < -0.4 is 16.0 Å². The van der Waals surface area contributed by atoms with E-state index in [0.717, 1.165) is 42.8 Å². The van der Waals surface area contributed by atoms with E-state index in [1.165, 1.54) is 0 Å². The van der Waals surface area contributed by atoms with Crippen LogP contribution in [0, 0.1) is 0 Å². The van der Waals surface area contributed by atoms with Crippen LogP contribution in [0.5, 0.6) is 0 Å². The molecule has 1 aliphatic heterocycles. The van der Waals surface area contributed by atoms with Gasteiger partial charge in [-0.2, -0.15) is 0 Å². The topological polar surface area (TPSA) is 84.1 Å². The first-order chi connectivity index (χ1) is 12.2. The molecule has 3 heterocycles. The van der Waals surface area contributed by atoms with E-state index in [0.29, 0.717) is 11.3 Å². The molecule has 0 aliphatic carbocycles. The molecule has 0 unspecified atom stereocenters.